The van der Waals surface area contributed by atoms with Crippen LogP contribution in [-0.4, -0.2) is 22.0 Å². The summed E-state index contributed by atoms with van der Waals surface area (Å²) in [4.78, 5) is 28.9. The molecule has 0 radical (unpaired) electrons. The van der Waals surface area contributed by atoms with E-state index >= 15 is 4.39 Å². The van der Waals surface area contributed by atoms with Crippen molar-refractivity contribution in [1.29, 1.82) is 0 Å². The van der Waals surface area contributed by atoms with Crippen LogP contribution >= 0.6 is 11.6 Å². The fraction of sp³-hybridized carbons (Fsp3) is 0.320. The van der Waals surface area contributed by atoms with E-state index in [2.05, 4.69) is 10.3 Å². The number of nitrogens with zero attached hydrogens (tertiary/aromatic N) is 1. The van der Waals surface area contributed by atoms with Crippen LogP contribution in [0.4, 0.5) is 35.1 Å². The highest BCUT2D eigenvalue weighted by Crippen LogP contribution is 2.39. The number of aromatic nitrogens is 2. The van der Waals surface area contributed by atoms with Crippen LogP contribution in [0.5, 0.6) is 0 Å². The van der Waals surface area contributed by atoms with Crippen molar-refractivity contribution >= 4 is 17.5 Å². The van der Waals surface area contributed by atoms with Crippen LogP contribution in [0.15, 0.2) is 41.2 Å². The molecule has 1 amide bonds. The van der Waals surface area contributed by atoms with E-state index in [0.29, 0.717) is 11.6 Å². The number of hydrogen-bond donors (Lipinski definition) is 2. The second-order valence-electron chi connectivity index (χ2n) is 9.03. The van der Waals surface area contributed by atoms with E-state index < -0.39 is 76.1 Å². The van der Waals surface area contributed by atoms with Gasteiger partial charge in [-0.1, -0.05) is 17.7 Å². The Labute approximate surface area is 225 Å². The number of aromatic amines is 1. The van der Waals surface area contributed by atoms with Crippen LogP contribution in [0.2, 0.25) is 5.02 Å². The third-order valence-corrected chi connectivity index (χ3v) is 6.34. The molecule has 3 aromatic rings. The van der Waals surface area contributed by atoms with Crippen molar-refractivity contribution in [3.63, 3.8) is 0 Å². The van der Waals surface area contributed by atoms with Crippen LogP contribution in [0.25, 0.3) is 11.4 Å². The maximum Gasteiger partial charge on any atom is 0.433 e. The number of ether oxygens (including phenoxy) is 1. The fourth-order valence-electron chi connectivity index (χ4n) is 4.10. The van der Waals surface area contributed by atoms with Crippen molar-refractivity contribution in [2.24, 2.45) is 5.92 Å². The smallest absolute Gasteiger partial charge is 0.373 e. The van der Waals surface area contributed by atoms with Gasteiger partial charge in [-0.3, -0.25) is 9.59 Å². The monoisotopic (exact) mass is 595 g/mol. The number of alkyl halides is 6. The molecule has 4 rings (SSSR count). The molecule has 2 aromatic carbocycles. The van der Waals surface area contributed by atoms with Crippen LogP contribution in [-0.2, 0) is 35.0 Å². The predicted octanol–water partition coefficient (Wildman–Crippen LogP) is 6.02. The van der Waals surface area contributed by atoms with Gasteiger partial charge < -0.3 is 15.0 Å². The van der Waals surface area contributed by atoms with E-state index in [-0.39, 0.29) is 36.6 Å². The van der Waals surface area contributed by atoms with E-state index in [0.717, 1.165) is 12.1 Å². The summed E-state index contributed by atoms with van der Waals surface area (Å²) in [5.74, 6) is -4.52. The van der Waals surface area contributed by atoms with Gasteiger partial charge in [0.05, 0.1) is 23.8 Å². The standard InChI is InChI=1S/C25H18ClF8N3O3/c26-14-3-11(4-15(27)7-14)10-40-16-5-13(6-16)23(39)35-9-12-1-2-17(24(29,30)31)20(21(12)28)22-36-18(25(32,33)34)8-19(38)37-22/h1-4,7-8,13,16H,5-6,9-10H2,(H,35,39)(H,36,37,38). The minimum absolute atomic E-state index is 0.0294. The average Bonchev–Trinajstić information content (AvgIpc) is 2.79. The molecule has 0 aliphatic heterocycles. The second kappa shape index (κ2) is 11.2. The van der Waals surface area contributed by atoms with Gasteiger partial charge in [0.2, 0.25) is 5.91 Å². The first kappa shape index (κ1) is 29.5. The van der Waals surface area contributed by atoms with Crippen LogP contribution in [0.3, 0.4) is 0 Å². The van der Waals surface area contributed by atoms with Crippen LogP contribution in [0, 0.1) is 17.6 Å². The lowest BCUT2D eigenvalue weighted by Gasteiger charge is -2.34. The number of benzene rings is 2. The lowest BCUT2D eigenvalue weighted by atomic mass is 9.81. The van der Waals surface area contributed by atoms with Gasteiger partial charge in [0, 0.05) is 29.1 Å². The number of hydrogen-bond acceptors (Lipinski definition) is 4. The fourth-order valence-corrected chi connectivity index (χ4v) is 4.34. The van der Waals surface area contributed by atoms with E-state index in [4.69, 9.17) is 16.3 Å². The maximum absolute atomic E-state index is 15.3. The van der Waals surface area contributed by atoms with Crippen molar-refractivity contribution in [2.75, 3.05) is 0 Å². The zero-order valence-corrected chi connectivity index (χ0v) is 20.8. The minimum Gasteiger partial charge on any atom is -0.373 e. The molecule has 0 bridgehead atoms. The summed E-state index contributed by atoms with van der Waals surface area (Å²) in [6.45, 7) is -0.551. The Hall–Kier alpha value is -3.52. The van der Waals surface area contributed by atoms with Crippen LogP contribution < -0.4 is 10.9 Å². The molecular formula is C25H18ClF8N3O3. The Bertz CT molecular complexity index is 1460. The van der Waals surface area contributed by atoms with Crippen molar-refractivity contribution in [2.45, 2.75) is 44.4 Å². The summed E-state index contributed by atoms with van der Waals surface area (Å²) in [6.07, 6.45) is -10.2. The normalized spacial score (nSPS) is 17.4. The van der Waals surface area contributed by atoms with Gasteiger partial charge in [0.1, 0.15) is 17.5 Å². The highest BCUT2D eigenvalue weighted by Gasteiger charge is 2.39. The molecule has 15 heteroatoms. The van der Waals surface area contributed by atoms with Gasteiger partial charge in [-0.25, -0.2) is 13.8 Å². The third kappa shape index (κ3) is 6.78. The largest absolute Gasteiger partial charge is 0.433 e. The average molecular weight is 596 g/mol. The highest BCUT2D eigenvalue weighted by atomic mass is 35.5. The maximum atomic E-state index is 15.3. The molecule has 0 unspecified atom stereocenters. The van der Waals surface area contributed by atoms with E-state index in [1.807, 2.05) is 0 Å². The van der Waals surface area contributed by atoms with Crippen molar-refractivity contribution in [1.82, 2.24) is 15.3 Å². The first-order valence-corrected chi connectivity index (χ1v) is 11.9. The van der Waals surface area contributed by atoms with Crippen molar-refractivity contribution in [3.05, 3.63) is 85.8 Å². The molecule has 0 saturated heterocycles. The zero-order chi connectivity index (χ0) is 29.4. The van der Waals surface area contributed by atoms with Gasteiger partial charge >= 0.3 is 12.4 Å². The molecule has 0 atom stereocenters. The SMILES string of the molecule is O=C(NCc1ccc(C(F)(F)F)c(-c2nc(C(F)(F)F)cc(=O)[nH]2)c1F)C1CC(OCc2cc(F)cc(Cl)c2)C1. The summed E-state index contributed by atoms with van der Waals surface area (Å²) in [6, 6.07) is 5.07. The molecule has 1 heterocycles. The Balaban J connectivity index is 1.45. The number of carbonyl (C=O) groups excluding carboxylic acids is 1. The number of H-pyrrole nitrogens is 1. The van der Waals surface area contributed by atoms with Gasteiger partial charge in [0.15, 0.2) is 5.69 Å². The number of halogens is 9. The molecule has 1 aromatic heterocycles. The number of amides is 1. The van der Waals surface area contributed by atoms with Crippen molar-refractivity contribution < 1.29 is 44.7 Å². The Kier molecular flexibility index (Phi) is 8.22. The number of rotatable bonds is 7. The highest BCUT2D eigenvalue weighted by molar-refractivity contribution is 6.30. The molecule has 1 fully saturated rings. The molecule has 1 aliphatic carbocycles. The lowest BCUT2D eigenvalue weighted by Crippen LogP contribution is -2.42. The predicted molar refractivity (Wildman–Crippen MR) is 125 cm³/mol. The minimum atomic E-state index is -5.21. The van der Waals surface area contributed by atoms with E-state index in [9.17, 15) is 40.3 Å². The van der Waals surface area contributed by atoms with E-state index in [1.165, 1.54) is 12.1 Å². The summed E-state index contributed by atoms with van der Waals surface area (Å²) >= 11 is 5.79. The van der Waals surface area contributed by atoms with Gasteiger partial charge in [-0.2, -0.15) is 26.3 Å². The molecule has 1 aliphatic rings. The van der Waals surface area contributed by atoms with Gasteiger partial charge in [-0.15, -0.1) is 0 Å². The molecule has 6 nitrogen and oxygen atoms in total. The molecule has 2 N–H and O–H groups in total. The zero-order valence-electron chi connectivity index (χ0n) is 20.0. The third-order valence-electron chi connectivity index (χ3n) is 6.12. The summed E-state index contributed by atoms with van der Waals surface area (Å²) in [7, 11) is 0. The second-order valence-corrected chi connectivity index (χ2v) is 9.47. The first-order valence-electron chi connectivity index (χ1n) is 11.5. The lowest BCUT2D eigenvalue weighted by molar-refractivity contribution is -0.141. The Morgan fingerprint density at radius 1 is 1.05 bits per heavy atom. The summed E-state index contributed by atoms with van der Waals surface area (Å²) in [5, 5.41) is 2.57. The Morgan fingerprint density at radius 3 is 2.38 bits per heavy atom. The molecule has 40 heavy (non-hydrogen) atoms. The van der Waals surface area contributed by atoms with Gasteiger partial charge in [-0.05, 0) is 42.7 Å². The Morgan fingerprint density at radius 2 is 1.75 bits per heavy atom. The van der Waals surface area contributed by atoms with Crippen molar-refractivity contribution in [3.8, 4) is 11.4 Å². The van der Waals surface area contributed by atoms with E-state index in [1.54, 1.807) is 4.98 Å². The molecule has 0 spiro atoms. The topological polar surface area (TPSA) is 84.1 Å². The molecule has 1 saturated carbocycles. The summed E-state index contributed by atoms with van der Waals surface area (Å²) < 4.78 is 114. The summed E-state index contributed by atoms with van der Waals surface area (Å²) in [5.41, 5.74) is -6.29. The molecular weight excluding hydrogens is 578 g/mol. The molecule has 214 valence electrons. The quantitative estimate of drug-likeness (QED) is 0.328. The van der Waals surface area contributed by atoms with Crippen LogP contribution in [0.1, 0.15) is 35.2 Å². The number of nitrogens with one attached hydrogen (secondary N) is 2. The van der Waals surface area contributed by atoms with Gasteiger partial charge in [0.25, 0.3) is 5.56 Å². The first-order chi connectivity index (χ1) is 18.6. The number of carbonyl (C=O) groups is 1.